The Morgan fingerprint density at radius 3 is 2.60 bits per heavy atom. The van der Waals surface area contributed by atoms with E-state index in [1.807, 2.05) is 0 Å². The second-order valence-corrected chi connectivity index (χ2v) is 5.39. The summed E-state index contributed by atoms with van der Waals surface area (Å²) in [4.78, 5) is 14.2. The van der Waals surface area contributed by atoms with Crippen LogP contribution >= 0.6 is 0 Å². The first-order valence-corrected chi connectivity index (χ1v) is 6.13. The Morgan fingerprint density at radius 1 is 1.40 bits per heavy atom. The van der Waals surface area contributed by atoms with Crippen LogP contribution in [-0.4, -0.2) is 36.0 Å². The highest BCUT2D eigenvalue weighted by molar-refractivity contribution is 5.81. The van der Waals surface area contributed by atoms with Gasteiger partial charge in [-0.05, 0) is 25.7 Å². The third-order valence-corrected chi connectivity index (χ3v) is 3.53. The first-order chi connectivity index (χ1) is 7.09. The zero-order valence-corrected chi connectivity index (χ0v) is 9.99. The number of piperazine rings is 1. The van der Waals surface area contributed by atoms with E-state index >= 15 is 0 Å². The zero-order valence-electron chi connectivity index (χ0n) is 9.99. The molecule has 1 aliphatic heterocycles. The second-order valence-electron chi connectivity index (χ2n) is 5.39. The van der Waals surface area contributed by atoms with E-state index in [0.29, 0.717) is 29.8 Å². The third-order valence-electron chi connectivity index (χ3n) is 3.53. The average Bonchev–Trinajstić information content (AvgIpc) is 2.99. The standard InChI is InChI=1S/C12H22N2O/c1-8(2)11-6-13-9(3)7-14(11)12(15)10-4-5-10/h8-11,13H,4-7H2,1-3H3. The van der Waals surface area contributed by atoms with Gasteiger partial charge in [0.25, 0.3) is 0 Å². The Labute approximate surface area is 92.2 Å². The minimum absolute atomic E-state index is 0.358. The zero-order chi connectivity index (χ0) is 11.0. The van der Waals surface area contributed by atoms with E-state index in [-0.39, 0.29) is 0 Å². The summed E-state index contributed by atoms with van der Waals surface area (Å²) in [5, 5.41) is 3.46. The van der Waals surface area contributed by atoms with Crippen LogP contribution in [-0.2, 0) is 4.79 Å². The van der Waals surface area contributed by atoms with Gasteiger partial charge >= 0.3 is 0 Å². The lowest BCUT2D eigenvalue weighted by atomic mass is 9.98. The van der Waals surface area contributed by atoms with Crippen LogP contribution in [0.25, 0.3) is 0 Å². The summed E-state index contributed by atoms with van der Waals surface area (Å²) in [5.41, 5.74) is 0. The number of amides is 1. The van der Waals surface area contributed by atoms with Crippen molar-refractivity contribution >= 4 is 5.91 Å². The van der Waals surface area contributed by atoms with E-state index in [1.54, 1.807) is 0 Å². The molecular formula is C12H22N2O. The predicted molar refractivity (Wildman–Crippen MR) is 60.5 cm³/mol. The maximum absolute atomic E-state index is 12.1. The first-order valence-electron chi connectivity index (χ1n) is 6.13. The van der Waals surface area contributed by atoms with Crippen LogP contribution in [0, 0.1) is 11.8 Å². The van der Waals surface area contributed by atoms with Crippen LogP contribution < -0.4 is 5.32 Å². The molecule has 2 fully saturated rings. The topological polar surface area (TPSA) is 32.3 Å². The van der Waals surface area contributed by atoms with Crippen LogP contribution in [0.2, 0.25) is 0 Å². The van der Waals surface area contributed by atoms with Crippen LogP contribution in [0.3, 0.4) is 0 Å². The van der Waals surface area contributed by atoms with Crippen molar-refractivity contribution < 1.29 is 4.79 Å². The maximum Gasteiger partial charge on any atom is 0.226 e. The van der Waals surface area contributed by atoms with Gasteiger partial charge in [0, 0.05) is 31.1 Å². The molecule has 1 saturated carbocycles. The van der Waals surface area contributed by atoms with Gasteiger partial charge in [0.15, 0.2) is 0 Å². The van der Waals surface area contributed by atoms with Gasteiger partial charge in [-0.15, -0.1) is 0 Å². The summed E-state index contributed by atoms with van der Waals surface area (Å²) in [7, 11) is 0. The van der Waals surface area contributed by atoms with E-state index in [0.717, 1.165) is 25.9 Å². The fourth-order valence-corrected chi connectivity index (χ4v) is 2.34. The molecule has 0 aromatic heterocycles. The minimum atomic E-state index is 0.358. The smallest absolute Gasteiger partial charge is 0.226 e. The van der Waals surface area contributed by atoms with Crippen LogP contribution in [0.5, 0.6) is 0 Å². The average molecular weight is 210 g/mol. The number of hydrogen-bond acceptors (Lipinski definition) is 2. The van der Waals surface area contributed by atoms with Gasteiger partial charge in [0.1, 0.15) is 0 Å². The van der Waals surface area contributed by atoms with Crippen molar-refractivity contribution in [3.63, 3.8) is 0 Å². The Bertz CT molecular complexity index is 248. The predicted octanol–water partition coefficient (Wildman–Crippen LogP) is 1.24. The Balaban J connectivity index is 2.05. The Kier molecular flexibility index (Phi) is 3.01. The molecule has 3 nitrogen and oxygen atoms in total. The molecule has 2 atom stereocenters. The SMILES string of the molecule is CC1CN(C(=O)C2CC2)C(C(C)C)CN1. The van der Waals surface area contributed by atoms with Crippen molar-refractivity contribution in [3.8, 4) is 0 Å². The number of nitrogens with one attached hydrogen (secondary N) is 1. The van der Waals surface area contributed by atoms with Crippen molar-refractivity contribution in [1.82, 2.24) is 10.2 Å². The first kappa shape index (κ1) is 10.9. The van der Waals surface area contributed by atoms with Crippen molar-refractivity contribution in [1.29, 1.82) is 0 Å². The van der Waals surface area contributed by atoms with E-state index < -0.39 is 0 Å². The van der Waals surface area contributed by atoms with Gasteiger partial charge < -0.3 is 10.2 Å². The molecular weight excluding hydrogens is 188 g/mol. The highest BCUT2D eigenvalue weighted by Gasteiger charge is 2.39. The lowest BCUT2D eigenvalue weighted by molar-refractivity contribution is -0.137. The van der Waals surface area contributed by atoms with Gasteiger partial charge in [-0.25, -0.2) is 0 Å². The van der Waals surface area contributed by atoms with Gasteiger partial charge in [-0.3, -0.25) is 4.79 Å². The molecule has 0 radical (unpaired) electrons. The number of hydrogen-bond donors (Lipinski definition) is 1. The Morgan fingerprint density at radius 2 is 2.07 bits per heavy atom. The quantitative estimate of drug-likeness (QED) is 0.744. The molecule has 3 heteroatoms. The van der Waals surface area contributed by atoms with Crippen molar-refractivity contribution in [3.05, 3.63) is 0 Å². The maximum atomic E-state index is 12.1. The molecule has 2 aliphatic rings. The molecule has 86 valence electrons. The summed E-state index contributed by atoms with van der Waals surface area (Å²) in [6.45, 7) is 8.41. The van der Waals surface area contributed by atoms with E-state index in [2.05, 4.69) is 31.0 Å². The Hall–Kier alpha value is -0.570. The lowest BCUT2D eigenvalue weighted by Gasteiger charge is -2.41. The van der Waals surface area contributed by atoms with Crippen LogP contribution in [0.4, 0.5) is 0 Å². The van der Waals surface area contributed by atoms with Crippen molar-refractivity contribution in [2.45, 2.75) is 45.7 Å². The highest BCUT2D eigenvalue weighted by atomic mass is 16.2. The van der Waals surface area contributed by atoms with Crippen molar-refractivity contribution in [2.75, 3.05) is 13.1 Å². The summed E-state index contributed by atoms with van der Waals surface area (Å²) >= 11 is 0. The van der Waals surface area contributed by atoms with Crippen LogP contribution in [0.1, 0.15) is 33.6 Å². The monoisotopic (exact) mass is 210 g/mol. The molecule has 0 spiro atoms. The van der Waals surface area contributed by atoms with Gasteiger partial charge in [0.05, 0.1) is 0 Å². The molecule has 2 rings (SSSR count). The number of rotatable bonds is 2. The summed E-state index contributed by atoms with van der Waals surface area (Å²) in [6.07, 6.45) is 2.23. The molecule has 1 amide bonds. The minimum Gasteiger partial charge on any atom is -0.336 e. The van der Waals surface area contributed by atoms with Crippen molar-refractivity contribution in [2.24, 2.45) is 11.8 Å². The number of nitrogens with zero attached hydrogens (tertiary/aromatic N) is 1. The third kappa shape index (κ3) is 2.33. The molecule has 1 saturated heterocycles. The molecule has 2 unspecified atom stereocenters. The molecule has 15 heavy (non-hydrogen) atoms. The van der Waals surface area contributed by atoms with Gasteiger partial charge in [-0.1, -0.05) is 13.8 Å². The lowest BCUT2D eigenvalue weighted by Crippen LogP contribution is -2.59. The normalized spacial score (nSPS) is 32.1. The number of carbonyl (C=O) groups excluding carboxylic acids is 1. The molecule has 0 aromatic rings. The fraction of sp³-hybridized carbons (Fsp3) is 0.917. The molecule has 0 bridgehead atoms. The van der Waals surface area contributed by atoms with E-state index in [4.69, 9.17) is 0 Å². The highest BCUT2D eigenvalue weighted by Crippen LogP contribution is 2.32. The fourth-order valence-electron chi connectivity index (χ4n) is 2.34. The van der Waals surface area contributed by atoms with E-state index in [9.17, 15) is 4.79 Å². The van der Waals surface area contributed by atoms with E-state index in [1.165, 1.54) is 0 Å². The molecule has 1 aliphatic carbocycles. The molecule has 1 heterocycles. The van der Waals surface area contributed by atoms with Gasteiger partial charge in [-0.2, -0.15) is 0 Å². The summed E-state index contributed by atoms with van der Waals surface area (Å²) in [6, 6.07) is 0.844. The summed E-state index contributed by atoms with van der Waals surface area (Å²) in [5.74, 6) is 1.31. The largest absolute Gasteiger partial charge is 0.336 e. The van der Waals surface area contributed by atoms with Crippen LogP contribution in [0.15, 0.2) is 0 Å². The van der Waals surface area contributed by atoms with Gasteiger partial charge in [0.2, 0.25) is 5.91 Å². The molecule has 1 N–H and O–H groups in total. The summed E-state index contributed by atoms with van der Waals surface area (Å²) < 4.78 is 0. The second kappa shape index (κ2) is 4.12. The molecule has 0 aromatic carbocycles. The number of carbonyl (C=O) groups is 1.